The number of aromatic nitrogens is 5. The number of nitrogens with zero attached hydrogens (tertiary/aromatic N) is 6. The minimum Gasteiger partial charge on any atom is -0.477 e. The number of carboxylic acids is 1. The van der Waals surface area contributed by atoms with Crippen LogP contribution in [0.5, 0.6) is 0 Å². The standard InChI is InChI=1S/C17H19N7O3S2/c1-3-23-6-4-11(5-7-23)18-12-14(25)24-13(16(26)27)10(8-28-15(12)24)9-29-17-19-20-21-22(17)2/h4-7,12,15H,3,8-9H2,1-2H3,(H,26,27)/p+1/t12-,15-/m1/s1. The molecule has 2 aromatic rings. The summed E-state index contributed by atoms with van der Waals surface area (Å²) in [7, 11) is 1.72. The van der Waals surface area contributed by atoms with Crippen LogP contribution in [-0.4, -0.2) is 65.0 Å². The van der Waals surface area contributed by atoms with E-state index in [1.807, 2.05) is 29.1 Å². The number of amides is 1. The molecule has 1 fully saturated rings. The number of hydrogen-bond acceptors (Lipinski definition) is 8. The van der Waals surface area contributed by atoms with Crippen molar-refractivity contribution >= 4 is 41.1 Å². The first-order valence-corrected chi connectivity index (χ1v) is 11.0. The number of aryl methyl sites for hydroxylation is 2. The monoisotopic (exact) mass is 434 g/mol. The third kappa shape index (κ3) is 3.69. The van der Waals surface area contributed by atoms with Gasteiger partial charge in [-0.25, -0.2) is 14.0 Å². The van der Waals surface area contributed by atoms with Crippen LogP contribution >= 0.6 is 23.5 Å². The van der Waals surface area contributed by atoms with E-state index < -0.39 is 12.0 Å². The van der Waals surface area contributed by atoms with Gasteiger partial charge in [0.15, 0.2) is 12.4 Å². The Bertz CT molecular complexity index is 976. The molecule has 0 aliphatic carbocycles. The van der Waals surface area contributed by atoms with E-state index >= 15 is 0 Å². The predicted molar refractivity (Wildman–Crippen MR) is 107 cm³/mol. The fourth-order valence-electron chi connectivity index (χ4n) is 3.23. The summed E-state index contributed by atoms with van der Waals surface area (Å²) >= 11 is 2.92. The van der Waals surface area contributed by atoms with Crippen molar-refractivity contribution in [3.63, 3.8) is 0 Å². The normalized spacial score (nSPS) is 21.0. The minimum atomic E-state index is -1.09. The fourth-order valence-corrected chi connectivity index (χ4v) is 5.57. The Hall–Kier alpha value is -2.60. The van der Waals surface area contributed by atoms with Crippen LogP contribution in [0, 0.1) is 0 Å². The quantitative estimate of drug-likeness (QED) is 0.361. The lowest BCUT2D eigenvalue weighted by Gasteiger charge is -2.49. The molecule has 10 nitrogen and oxygen atoms in total. The van der Waals surface area contributed by atoms with Crippen LogP contribution < -0.4 is 9.88 Å². The van der Waals surface area contributed by atoms with Crippen molar-refractivity contribution in [2.75, 3.05) is 16.8 Å². The topological polar surface area (TPSA) is 117 Å². The summed E-state index contributed by atoms with van der Waals surface area (Å²) in [6.07, 6.45) is 3.88. The number of aliphatic carboxylic acids is 1. The maximum Gasteiger partial charge on any atom is 0.352 e. The number of tetrazole rings is 1. The Morgan fingerprint density at radius 3 is 2.83 bits per heavy atom. The van der Waals surface area contributed by atoms with Crippen molar-refractivity contribution in [2.45, 2.75) is 30.0 Å². The van der Waals surface area contributed by atoms with Crippen LogP contribution in [0.1, 0.15) is 6.92 Å². The summed E-state index contributed by atoms with van der Waals surface area (Å²) in [5, 5.41) is 24.6. The maximum absolute atomic E-state index is 12.8. The molecular weight excluding hydrogens is 414 g/mol. The molecule has 1 saturated heterocycles. The molecule has 4 heterocycles. The maximum atomic E-state index is 12.8. The summed E-state index contributed by atoms with van der Waals surface area (Å²) in [5.74, 6) is -0.364. The number of carbonyl (C=O) groups excluding carboxylic acids is 1. The summed E-state index contributed by atoms with van der Waals surface area (Å²) < 4.78 is 3.55. The molecule has 0 bridgehead atoms. The number of fused-ring (bicyclic) bond motifs is 1. The van der Waals surface area contributed by atoms with Crippen LogP contribution in [0.3, 0.4) is 0 Å². The number of carbonyl (C=O) groups is 2. The number of anilines is 1. The van der Waals surface area contributed by atoms with Gasteiger partial charge in [0.1, 0.15) is 23.7 Å². The number of hydrogen-bond donors (Lipinski definition) is 2. The molecule has 12 heteroatoms. The highest BCUT2D eigenvalue weighted by Gasteiger charge is 2.53. The van der Waals surface area contributed by atoms with E-state index in [0.717, 1.165) is 12.2 Å². The molecule has 2 aliphatic heterocycles. The average molecular weight is 435 g/mol. The molecule has 152 valence electrons. The summed E-state index contributed by atoms with van der Waals surface area (Å²) in [5.41, 5.74) is 1.61. The van der Waals surface area contributed by atoms with Crippen molar-refractivity contribution in [3.8, 4) is 0 Å². The third-order valence-electron chi connectivity index (χ3n) is 4.79. The van der Waals surface area contributed by atoms with Gasteiger partial charge in [-0.05, 0) is 22.9 Å². The zero-order valence-corrected chi connectivity index (χ0v) is 17.5. The lowest BCUT2D eigenvalue weighted by molar-refractivity contribution is -0.693. The Kier molecular flexibility index (Phi) is 5.46. The molecule has 2 atom stereocenters. The molecule has 0 spiro atoms. The van der Waals surface area contributed by atoms with E-state index in [9.17, 15) is 14.7 Å². The molecule has 4 rings (SSSR count). The summed E-state index contributed by atoms with van der Waals surface area (Å²) in [6, 6.07) is 3.39. The highest BCUT2D eigenvalue weighted by molar-refractivity contribution is 8.01. The molecule has 2 aromatic heterocycles. The van der Waals surface area contributed by atoms with Gasteiger partial charge >= 0.3 is 5.97 Å². The first-order valence-electron chi connectivity index (χ1n) is 9.00. The smallest absolute Gasteiger partial charge is 0.352 e. The highest BCUT2D eigenvalue weighted by Crippen LogP contribution is 2.42. The van der Waals surface area contributed by atoms with Crippen LogP contribution in [-0.2, 0) is 23.2 Å². The number of pyridine rings is 1. The number of thioether (sulfide) groups is 2. The van der Waals surface area contributed by atoms with E-state index in [4.69, 9.17) is 0 Å². The van der Waals surface area contributed by atoms with Crippen molar-refractivity contribution in [3.05, 3.63) is 35.8 Å². The van der Waals surface area contributed by atoms with Crippen LogP contribution in [0.25, 0.3) is 0 Å². The molecule has 29 heavy (non-hydrogen) atoms. The summed E-state index contributed by atoms with van der Waals surface area (Å²) in [4.78, 5) is 26.1. The SMILES string of the molecule is CC[n+]1ccc(N[C@@H]2C(=O)N3C(C(=O)O)=C(CSc4nnnn4C)CS[C@H]23)cc1. The average Bonchev–Trinajstić information content (AvgIpc) is 3.14. The van der Waals surface area contributed by atoms with Crippen molar-refractivity contribution in [1.29, 1.82) is 0 Å². The van der Waals surface area contributed by atoms with E-state index in [1.54, 1.807) is 18.8 Å². The lowest BCUT2D eigenvalue weighted by atomic mass is 10.0. The molecule has 0 radical (unpaired) electrons. The second-order valence-corrected chi connectivity index (χ2v) is 8.63. The van der Waals surface area contributed by atoms with Crippen LogP contribution in [0.15, 0.2) is 41.0 Å². The molecule has 0 aromatic carbocycles. The molecule has 1 amide bonds. The van der Waals surface area contributed by atoms with Crippen molar-refractivity contribution < 1.29 is 19.3 Å². The molecule has 2 N–H and O–H groups in total. The van der Waals surface area contributed by atoms with Gasteiger partial charge in [-0.2, -0.15) is 0 Å². The highest BCUT2D eigenvalue weighted by atomic mass is 32.2. The van der Waals surface area contributed by atoms with Gasteiger partial charge < -0.3 is 10.4 Å². The third-order valence-corrected chi connectivity index (χ3v) is 7.22. The predicted octanol–water partition coefficient (Wildman–Crippen LogP) is 0.344. The van der Waals surface area contributed by atoms with E-state index in [-0.39, 0.29) is 17.0 Å². The first-order chi connectivity index (χ1) is 14.0. The second kappa shape index (κ2) is 8.03. The van der Waals surface area contributed by atoms with Gasteiger partial charge in [-0.3, -0.25) is 9.69 Å². The second-order valence-electron chi connectivity index (χ2n) is 6.58. The van der Waals surface area contributed by atoms with Crippen LogP contribution in [0.4, 0.5) is 5.69 Å². The molecule has 0 saturated carbocycles. The van der Waals surface area contributed by atoms with Crippen LogP contribution in [0.2, 0.25) is 0 Å². The Balaban J connectivity index is 1.49. The van der Waals surface area contributed by atoms with E-state index in [2.05, 4.69) is 27.8 Å². The Morgan fingerprint density at radius 2 is 2.21 bits per heavy atom. The van der Waals surface area contributed by atoms with Gasteiger partial charge in [0, 0.05) is 36.4 Å². The van der Waals surface area contributed by atoms with Gasteiger partial charge in [0.2, 0.25) is 5.16 Å². The van der Waals surface area contributed by atoms with Gasteiger partial charge in [-0.1, -0.05) is 11.8 Å². The van der Waals surface area contributed by atoms with Crippen molar-refractivity contribution in [2.24, 2.45) is 7.05 Å². The Labute approximate surface area is 175 Å². The Morgan fingerprint density at radius 1 is 1.45 bits per heavy atom. The number of rotatable bonds is 7. The largest absolute Gasteiger partial charge is 0.477 e. The van der Waals surface area contributed by atoms with Gasteiger partial charge in [0.05, 0.1) is 0 Å². The fraction of sp³-hybridized carbons (Fsp3) is 0.412. The zero-order valence-electron chi connectivity index (χ0n) is 15.8. The van der Waals surface area contributed by atoms with Crippen molar-refractivity contribution in [1.82, 2.24) is 25.1 Å². The first kappa shape index (κ1) is 19.7. The molecular formula is C17H20N7O3S2+. The lowest BCUT2D eigenvalue weighted by Crippen LogP contribution is -2.67. The number of β-lactam (4-membered cyclic amide) rings is 1. The van der Waals surface area contributed by atoms with Gasteiger partial charge in [0.25, 0.3) is 5.91 Å². The number of carboxylic acid groups (broad SMARTS) is 1. The van der Waals surface area contributed by atoms with E-state index in [1.165, 1.54) is 21.3 Å². The molecule has 0 unspecified atom stereocenters. The minimum absolute atomic E-state index is 0.0799. The zero-order chi connectivity index (χ0) is 20.5. The van der Waals surface area contributed by atoms with E-state index in [0.29, 0.717) is 22.2 Å². The summed E-state index contributed by atoms with van der Waals surface area (Å²) in [6.45, 7) is 2.92. The van der Waals surface area contributed by atoms with Gasteiger partial charge in [-0.15, -0.1) is 16.9 Å². The molecule has 2 aliphatic rings. The number of nitrogens with one attached hydrogen (secondary N) is 1.